The Kier molecular flexibility index (Phi) is 23.6. The van der Waals surface area contributed by atoms with Crippen LogP contribution in [0.25, 0.3) is 0 Å². The molecule has 3 rings (SSSR count). The summed E-state index contributed by atoms with van der Waals surface area (Å²) in [7, 11) is 0. The molecule has 2 bridgehead atoms. The van der Waals surface area contributed by atoms with Crippen LogP contribution in [0.1, 0.15) is 79.1 Å². The third-order valence-corrected chi connectivity index (χ3v) is 12.0. The van der Waals surface area contributed by atoms with Gasteiger partial charge in [0.2, 0.25) is 0 Å². The molecule has 0 aromatic carbocycles. The van der Waals surface area contributed by atoms with E-state index in [-0.39, 0.29) is 31.6 Å². The second kappa shape index (κ2) is 27.4. The Morgan fingerprint density at radius 3 is 1.82 bits per heavy atom. The molecule has 18 nitrogen and oxygen atoms in total. The van der Waals surface area contributed by atoms with Crippen LogP contribution in [0.4, 0.5) is 0 Å². The van der Waals surface area contributed by atoms with E-state index in [1.54, 1.807) is 80.7 Å². The first-order valence-corrected chi connectivity index (χ1v) is 22.3. The van der Waals surface area contributed by atoms with E-state index >= 15 is 0 Å². The van der Waals surface area contributed by atoms with Crippen LogP contribution in [0, 0.1) is 17.8 Å². The van der Waals surface area contributed by atoms with Crippen LogP contribution in [-0.2, 0) is 28.5 Å². The molecule has 0 amide bonds. The lowest BCUT2D eigenvalue weighted by molar-refractivity contribution is -0.308. The maximum absolute atomic E-state index is 12.6. The molecular weight excluding hydrogens is 851 g/mol. The van der Waals surface area contributed by atoms with Crippen LogP contribution in [0.2, 0.25) is 0 Å². The summed E-state index contributed by atoms with van der Waals surface area (Å²) in [6.07, 6.45) is 3.46. The quantitative estimate of drug-likeness (QED) is 0.174. The summed E-state index contributed by atoms with van der Waals surface area (Å²) in [5.74, 6) is -6.83. The molecular formula is C47H73NO17. The van der Waals surface area contributed by atoms with Gasteiger partial charge >= 0.3 is 11.9 Å². The number of rotatable bonds is 3. The highest BCUT2D eigenvalue weighted by Crippen LogP contribution is 2.38. The van der Waals surface area contributed by atoms with Gasteiger partial charge < -0.3 is 80.9 Å². The molecule has 13 N–H and O–H groups in total. The predicted octanol–water partition coefficient (Wildman–Crippen LogP) is 0.712. The Hall–Kier alpha value is -3.44. The number of allylic oxidation sites excluding steroid dienone is 12. The Balaban J connectivity index is 1.86. The molecule has 3 aliphatic rings. The molecule has 0 radical (unpaired) electrons. The van der Waals surface area contributed by atoms with Gasteiger partial charge in [0, 0.05) is 37.5 Å². The monoisotopic (exact) mass is 923 g/mol. The maximum atomic E-state index is 12.6. The third kappa shape index (κ3) is 18.6. The van der Waals surface area contributed by atoms with E-state index in [1.165, 1.54) is 13.0 Å². The Bertz CT molecular complexity index is 1670. The minimum Gasteiger partial charge on any atom is -0.481 e. The van der Waals surface area contributed by atoms with E-state index in [2.05, 4.69) is 0 Å². The van der Waals surface area contributed by atoms with Crippen molar-refractivity contribution in [2.45, 2.75) is 177 Å². The van der Waals surface area contributed by atoms with Crippen molar-refractivity contribution >= 4 is 11.9 Å². The van der Waals surface area contributed by atoms with Gasteiger partial charge in [0.25, 0.3) is 0 Å². The van der Waals surface area contributed by atoms with Crippen molar-refractivity contribution in [2.75, 3.05) is 0 Å². The van der Waals surface area contributed by atoms with Crippen LogP contribution in [0.5, 0.6) is 0 Å². The largest absolute Gasteiger partial charge is 0.481 e. The van der Waals surface area contributed by atoms with Crippen LogP contribution >= 0.6 is 0 Å². The summed E-state index contributed by atoms with van der Waals surface area (Å²) in [4.78, 5) is 25.1. The number of esters is 1. The van der Waals surface area contributed by atoms with Crippen molar-refractivity contribution in [1.29, 1.82) is 0 Å². The van der Waals surface area contributed by atoms with Crippen molar-refractivity contribution in [3.63, 3.8) is 0 Å². The van der Waals surface area contributed by atoms with E-state index in [0.29, 0.717) is 0 Å². The number of hydrogen-bond acceptors (Lipinski definition) is 17. The Morgan fingerprint density at radius 1 is 0.662 bits per heavy atom. The molecule has 2 fully saturated rings. The first kappa shape index (κ1) is 55.9. The molecule has 17 unspecified atom stereocenters. The summed E-state index contributed by atoms with van der Waals surface area (Å²) >= 11 is 0. The average Bonchev–Trinajstić information content (AvgIpc) is 3.21. The van der Waals surface area contributed by atoms with Crippen molar-refractivity contribution < 1.29 is 84.7 Å². The minimum atomic E-state index is -2.33. The summed E-state index contributed by atoms with van der Waals surface area (Å²) in [5, 5.41) is 118. The molecule has 368 valence electrons. The summed E-state index contributed by atoms with van der Waals surface area (Å²) in [6.45, 7) is 6.74. The summed E-state index contributed by atoms with van der Waals surface area (Å²) in [5.41, 5.74) is 6.02. The van der Waals surface area contributed by atoms with E-state index in [4.69, 9.17) is 24.7 Å². The fourth-order valence-corrected chi connectivity index (χ4v) is 7.97. The third-order valence-electron chi connectivity index (χ3n) is 12.0. The zero-order valence-corrected chi connectivity index (χ0v) is 37.6. The number of carbonyl (C=O) groups is 2. The maximum Gasteiger partial charge on any atom is 0.311 e. The Morgan fingerprint density at radius 2 is 1.23 bits per heavy atom. The molecule has 19 atom stereocenters. The van der Waals surface area contributed by atoms with Gasteiger partial charge in [-0.05, 0) is 33.1 Å². The van der Waals surface area contributed by atoms with Crippen LogP contribution in [-0.4, -0.2) is 166 Å². The van der Waals surface area contributed by atoms with Gasteiger partial charge in [-0.15, -0.1) is 0 Å². The minimum absolute atomic E-state index is 0.107. The molecule has 0 aromatic rings. The number of aliphatic hydroxyl groups is 10. The van der Waals surface area contributed by atoms with E-state index in [0.717, 1.165) is 0 Å². The molecule has 0 aromatic heterocycles. The fourth-order valence-electron chi connectivity index (χ4n) is 7.97. The van der Waals surface area contributed by atoms with Gasteiger partial charge in [0.15, 0.2) is 12.1 Å². The number of aliphatic hydroxyl groups excluding tert-OH is 9. The highest BCUT2D eigenvalue weighted by atomic mass is 16.7. The van der Waals surface area contributed by atoms with Gasteiger partial charge in [0.1, 0.15) is 18.1 Å². The fraction of sp³-hybridized carbons (Fsp3) is 0.660. The second-order valence-electron chi connectivity index (χ2n) is 17.6. The lowest BCUT2D eigenvalue weighted by Crippen LogP contribution is -2.61. The molecule has 3 aliphatic heterocycles. The number of carbonyl (C=O) groups excluding carboxylic acids is 1. The SMILES string of the molecule is CC1\C=C/C=C\C=C/C=C\C=C/C=C\C=C\C(OC2OC(C)C(O)C(N)C2O)CC2O[C@@](O)(CC(O)CC(O)C(O)CCC(O)CC(O)CC(=O)OC(C)[C@H](C)C1O)CC(O)C2C(=O)O. The van der Waals surface area contributed by atoms with E-state index in [9.17, 15) is 65.8 Å². The first-order valence-electron chi connectivity index (χ1n) is 22.3. The molecule has 0 aliphatic carbocycles. The molecule has 2 saturated heterocycles. The van der Waals surface area contributed by atoms with Gasteiger partial charge in [-0.1, -0.05) is 98.9 Å². The highest BCUT2D eigenvalue weighted by Gasteiger charge is 2.51. The number of cyclic esters (lactones) is 1. The summed E-state index contributed by atoms with van der Waals surface area (Å²) in [6, 6.07) is -1.15. The van der Waals surface area contributed by atoms with Crippen molar-refractivity contribution in [1.82, 2.24) is 0 Å². The smallest absolute Gasteiger partial charge is 0.311 e. The number of carboxylic acids is 1. The molecule has 0 spiro atoms. The zero-order valence-electron chi connectivity index (χ0n) is 37.6. The van der Waals surface area contributed by atoms with Crippen molar-refractivity contribution in [2.24, 2.45) is 23.5 Å². The van der Waals surface area contributed by atoms with Crippen LogP contribution in [0.3, 0.4) is 0 Å². The number of hydrogen-bond donors (Lipinski definition) is 12. The molecule has 0 saturated carbocycles. The molecule has 18 heteroatoms. The van der Waals surface area contributed by atoms with E-state index < -0.39 is 147 Å². The van der Waals surface area contributed by atoms with Crippen molar-refractivity contribution in [3.8, 4) is 0 Å². The number of nitrogens with two attached hydrogens (primary N) is 1. The number of ether oxygens (including phenoxy) is 4. The predicted molar refractivity (Wildman–Crippen MR) is 237 cm³/mol. The van der Waals surface area contributed by atoms with Crippen LogP contribution in [0.15, 0.2) is 85.1 Å². The van der Waals surface area contributed by atoms with Crippen molar-refractivity contribution in [3.05, 3.63) is 85.1 Å². The van der Waals surface area contributed by atoms with Gasteiger partial charge in [-0.3, -0.25) is 9.59 Å². The number of fused-ring (bicyclic) bond motifs is 2. The first-order chi connectivity index (χ1) is 30.6. The number of aliphatic carboxylic acids is 1. The summed E-state index contributed by atoms with van der Waals surface area (Å²) < 4.78 is 23.1. The standard InChI is InChI=1S/C47H73NO17/c1-27-17-15-13-11-9-7-5-6-8-10-12-14-16-18-34(64-46-44(58)41(48)43(57)30(4)63-46)24-38-40(45(59)60)37(54)26-47(61,65-38)25-33(51)22-36(53)35(52)20-19-31(49)21-32(50)23-39(55)62-29(3)28(2)42(27)56/h5-18,27-38,40-44,46,49-54,56-58,61H,19-26,48H2,1-4H3,(H,59,60)/b6-5-,9-7-,10-8-,13-11-,14-12-,17-15-,18-16+/t27?,28-,29?,30?,31?,32?,33?,34?,35?,36?,37?,38?,40?,41?,42?,43?,44?,46?,47-/m0/s1. The normalized spacial score (nSPS) is 45.5. The Labute approximate surface area is 381 Å². The van der Waals surface area contributed by atoms with Crippen LogP contribution < -0.4 is 5.73 Å². The lowest BCUT2D eigenvalue weighted by Gasteiger charge is -2.45. The number of carboxylic acid groups (broad SMARTS) is 1. The highest BCUT2D eigenvalue weighted by molar-refractivity contribution is 5.71. The average molecular weight is 924 g/mol. The second-order valence-corrected chi connectivity index (χ2v) is 17.6. The van der Waals surface area contributed by atoms with Gasteiger partial charge in [0.05, 0.1) is 79.6 Å². The zero-order chi connectivity index (χ0) is 48.4. The molecule has 65 heavy (non-hydrogen) atoms. The lowest BCUT2D eigenvalue weighted by atomic mass is 9.82. The van der Waals surface area contributed by atoms with Gasteiger partial charge in [-0.25, -0.2) is 0 Å². The molecule has 3 heterocycles. The topological polar surface area (TPSA) is 320 Å². The van der Waals surface area contributed by atoms with E-state index in [1.807, 2.05) is 19.1 Å². The van der Waals surface area contributed by atoms with Gasteiger partial charge in [-0.2, -0.15) is 0 Å².